The summed E-state index contributed by atoms with van der Waals surface area (Å²) >= 11 is 0. The van der Waals surface area contributed by atoms with Crippen LogP contribution in [0.2, 0.25) is 0 Å². The number of aromatic nitrogens is 2. The van der Waals surface area contributed by atoms with E-state index in [4.69, 9.17) is 9.52 Å². The average molecular weight is 142 g/mol. The van der Waals surface area contributed by atoms with E-state index in [-0.39, 0.29) is 12.5 Å². The summed E-state index contributed by atoms with van der Waals surface area (Å²) in [5.41, 5.74) is 0. The van der Waals surface area contributed by atoms with Crippen LogP contribution in [0.4, 0.5) is 0 Å². The zero-order valence-corrected chi connectivity index (χ0v) is 6.03. The van der Waals surface area contributed by atoms with Gasteiger partial charge in [0.1, 0.15) is 0 Å². The second kappa shape index (κ2) is 2.79. The lowest BCUT2D eigenvalue weighted by atomic mass is 10.2. The van der Waals surface area contributed by atoms with Crippen molar-refractivity contribution in [3.8, 4) is 0 Å². The summed E-state index contributed by atoms with van der Waals surface area (Å²) < 4.78 is 5.05. The van der Waals surface area contributed by atoms with Crippen molar-refractivity contribution in [3.05, 3.63) is 11.8 Å². The standard InChI is InChI=1S/C6H10N2O2/c1-4(3-9)6-8-7-5(2)10-6/h4,9H,3H2,1-2H3. The summed E-state index contributed by atoms with van der Waals surface area (Å²) in [7, 11) is 0. The normalized spacial score (nSPS) is 13.5. The number of aliphatic hydroxyl groups excluding tert-OH is 1. The van der Waals surface area contributed by atoms with E-state index < -0.39 is 0 Å². The molecule has 1 N–H and O–H groups in total. The van der Waals surface area contributed by atoms with Crippen LogP contribution in [0.1, 0.15) is 24.6 Å². The molecule has 0 saturated carbocycles. The molecule has 0 radical (unpaired) electrons. The molecule has 1 aromatic rings. The summed E-state index contributed by atoms with van der Waals surface area (Å²) in [4.78, 5) is 0. The van der Waals surface area contributed by atoms with E-state index in [0.717, 1.165) is 0 Å². The molecule has 1 aromatic heterocycles. The molecule has 4 heteroatoms. The minimum atomic E-state index is -0.0544. The Kier molecular flexibility index (Phi) is 2.01. The molecule has 0 aliphatic carbocycles. The summed E-state index contributed by atoms with van der Waals surface area (Å²) in [5, 5.41) is 16.0. The molecule has 0 saturated heterocycles. The molecular weight excluding hydrogens is 132 g/mol. The van der Waals surface area contributed by atoms with E-state index >= 15 is 0 Å². The van der Waals surface area contributed by atoms with Crippen LogP contribution >= 0.6 is 0 Å². The lowest BCUT2D eigenvalue weighted by Gasteiger charge is -1.97. The largest absolute Gasteiger partial charge is 0.425 e. The van der Waals surface area contributed by atoms with Crippen LogP contribution in [-0.2, 0) is 0 Å². The van der Waals surface area contributed by atoms with E-state index in [1.165, 1.54) is 0 Å². The second-order valence-corrected chi connectivity index (χ2v) is 2.24. The molecule has 1 heterocycles. The molecule has 0 spiro atoms. The van der Waals surface area contributed by atoms with Crippen LogP contribution in [0, 0.1) is 6.92 Å². The maximum Gasteiger partial charge on any atom is 0.221 e. The van der Waals surface area contributed by atoms with Gasteiger partial charge in [-0.05, 0) is 0 Å². The molecule has 1 unspecified atom stereocenters. The molecular formula is C6H10N2O2. The monoisotopic (exact) mass is 142 g/mol. The van der Waals surface area contributed by atoms with Gasteiger partial charge in [0.05, 0.1) is 12.5 Å². The van der Waals surface area contributed by atoms with E-state index in [0.29, 0.717) is 11.8 Å². The zero-order chi connectivity index (χ0) is 7.56. The zero-order valence-electron chi connectivity index (χ0n) is 6.03. The number of rotatable bonds is 2. The van der Waals surface area contributed by atoms with Gasteiger partial charge in [-0.1, -0.05) is 6.92 Å². The van der Waals surface area contributed by atoms with E-state index in [1.54, 1.807) is 6.92 Å². The first-order valence-corrected chi connectivity index (χ1v) is 3.15. The van der Waals surface area contributed by atoms with Crippen LogP contribution in [0.5, 0.6) is 0 Å². The third kappa shape index (κ3) is 1.33. The maximum atomic E-state index is 8.67. The molecule has 56 valence electrons. The molecule has 0 aromatic carbocycles. The molecule has 0 bridgehead atoms. The van der Waals surface area contributed by atoms with Crippen LogP contribution < -0.4 is 0 Å². The van der Waals surface area contributed by atoms with Crippen molar-refractivity contribution in [1.29, 1.82) is 0 Å². The van der Waals surface area contributed by atoms with Gasteiger partial charge in [0, 0.05) is 6.92 Å². The van der Waals surface area contributed by atoms with Crippen molar-refractivity contribution < 1.29 is 9.52 Å². The van der Waals surface area contributed by atoms with E-state index in [9.17, 15) is 0 Å². The van der Waals surface area contributed by atoms with Gasteiger partial charge in [-0.3, -0.25) is 0 Å². The quantitative estimate of drug-likeness (QED) is 0.652. The highest BCUT2D eigenvalue weighted by Gasteiger charge is 2.09. The van der Waals surface area contributed by atoms with Gasteiger partial charge < -0.3 is 9.52 Å². The number of hydrogen-bond donors (Lipinski definition) is 1. The van der Waals surface area contributed by atoms with Gasteiger partial charge >= 0.3 is 0 Å². The average Bonchev–Trinajstić information content (AvgIpc) is 2.34. The van der Waals surface area contributed by atoms with Crippen molar-refractivity contribution in [2.45, 2.75) is 19.8 Å². The second-order valence-electron chi connectivity index (χ2n) is 2.24. The molecule has 10 heavy (non-hydrogen) atoms. The first kappa shape index (κ1) is 7.21. The van der Waals surface area contributed by atoms with E-state index in [1.807, 2.05) is 6.92 Å². The Balaban J connectivity index is 2.74. The van der Waals surface area contributed by atoms with Crippen LogP contribution in [0.3, 0.4) is 0 Å². The topological polar surface area (TPSA) is 59.2 Å². The van der Waals surface area contributed by atoms with Crippen molar-refractivity contribution in [1.82, 2.24) is 10.2 Å². The Morgan fingerprint density at radius 1 is 1.60 bits per heavy atom. The summed E-state index contributed by atoms with van der Waals surface area (Å²) in [5.74, 6) is 0.983. The van der Waals surface area contributed by atoms with E-state index in [2.05, 4.69) is 10.2 Å². The van der Waals surface area contributed by atoms with Gasteiger partial charge in [-0.25, -0.2) is 0 Å². The minimum Gasteiger partial charge on any atom is -0.425 e. The van der Waals surface area contributed by atoms with Crippen LogP contribution in [0.15, 0.2) is 4.42 Å². The fraction of sp³-hybridized carbons (Fsp3) is 0.667. The van der Waals surface area contributed by atoms with Crippen molar-refractivity contribution >= 4 is 0 Å². The predicted octanol–water partition coefficient (Wildman–Crippen LogP) is 0.474. The first-order valence-electron chi connectivity index (χ1n) is 3.15. The number of aliphatic hydroxyl groups is 1. The maximum absolute atomic E-state index is 8.67. The highest BCUT2D eigenvalue weighted by atomic mass is 16.4. The van der Waals surface area contributed by atoms with Crippen molar-refractivity contribution in [2.75, 3.05) is 6.61 Å². The fourth-order valence-electron chi connectivity index (χ4n) is 0.589. The molecule has 1 atom stereocenters. The first-order chi connectivity index (χ1) is 4.74. The predicted molar refractivity (Wildman–Crippen MR) is 34.5 cm³/mol. The smallest absolute Gasteiger partial charge is 0.221 e. The Bertz CT molecular complexity index is 209. The third-order valence-corrected chi connectivity index (χ3v) is 1.24. The van der Waals surface area contributed by atoms with Gasteiger partial charge in [0.15, 0.2) is 0 Å². The molecule has 1 rings (SSSR count). The fourth-order valence-corrected chi connectivity index (χ4v) is 0.589. The Morgan fingerprint density at radius 2 is 2.30 bits per heavy atom. The third-order valence-electron chi connectivity index (χ3n) is 1.24. The summed E-state index contributed by atoms with van der Waals surface area (Å²) in [6.45, 7) is 3.59. The highest BCUT2D eigenvalue weighted by molar-refractivity contribution is 4.87. The van der Waals surface area contributed by atoms with Crippen molar-refractivity contribution in [3.63, 3.8) is 0 Å². The van der Waals surface area contributed by atoms with Crippen LogP contribution in [-0.4, -0.2) is 21.9 Å². The number of aryl methyl sites for hydroxylation is 1. The van der Waals surface area contributed by atoms with Crippen LogP contribution in [0.25, 0.3) is 0 Å². The molecule has 0 aliphatic heterocycles. The lowest BCUT2D eigenvalue weighted by molar-refractivity contribution is 0.252. The number of nitrogens with zero attached hydrogens (tertiary/aromatic N) is 2. The highest BCUT2D eigenvalue weighted by Crippen LogP contribution is 2.10. The number of hydrogen-bond acceptors (Lipinski definition) is 4. The Morgan fingerprint density at radius 3 is 2.70 bits per heavy atom. The van der Waals surface area contributed by atoms with Gasteiger partial charge in [0.2, 0.25) is 11.8 Å². The summed E-state index contributed by atoms with van der Waals surface area (Å²) in [6, 6.07) is 0. The van der Waals surface area contributed by atoms with Gasteiger partial charge in [-0.2, -0.15) is 0 Å². The lowest BCUT2D eigenvalue weighted by Crippen LogP contribution is -1.98. The minimum absolute atomic E-state index is 0.0433. The van der Waals surface area contributed by atoms with Gasteiger partial charge in [0.25, 0.3) is 0 Å². The Hall–Kier alpha value is -0.900. The Labute approximate surface area is 58.9 Å². The van der Waals surface area contributed by atoms with Gasteiger partial charge in [-0.15, -0.1) is 10.2 Å². The SMILES string of the molecule is Cc1nnc(C(C)CO)o1. The molecule has 0 aliphatic rings. The molecule has 4 nitrogen and oxygen atoms in total. The molecule has 0 amide bonds. The van der Waals surface area contributed by atoms with Crippen molar-refractivity contribution in [2.24, 2.45) is 0 Å². The molecule has 0 fully saturated rings. The summed E-state index contributed by atoms with van der Waals surface area (Å²) in [6.07, 6.45) is 0.